The molecule has 1 unspecified atom stereocenters. The first-order chi connectivity index (χ1) is 6.28. The second-order valence-electron chi connectivity index (χ2n) is 3.31. The van der Waals surface area contributed by atoms with E-state index < -0.39 is 22.9 Å². The summed E-state index contributed by atoms with van der Waals surface area (Å²) in [6.45, 7) is 3.76. The first-order valence-corrected chi connectivity index (χ1v) is 4.03. The van der Waals surface area contributed by atoms with Crippen molar-refractivity contribution in [2.75, 3.05) is 0 Å². The van der Waals surface area contributed by atoms with Crippen LogP contribution in [0.1, 0.15) is 25.4 Å². The van der Waals surface area contributed by atoms with Gasteiger partial charge in [0.05, 0.1) is 0 Å². The number of carbonyl (C=O) groups is 1. The van der Waals surface area contributed by atoms with Crippen molar-refractivity contribution in [3.63, 3.8) is 0 Å². The molecule has 0 aliphatic rings. The molecule has 0 amide bonds. The Morgan fingerprint density at radius 1 is 1.36 bits per heavy atom. The average Bonchev–Trinajstić information content (AvgIpc) is 2.33. The van der Waals surface area contributed by atoms with Crippen LogP contribution in [0.15, 0.2) is 4.42 Å². The van der Waals surface area contributed by atoms with E-state index in [0.29, 0.717) is 0 Å². The summed E-state index contributed by atoms with van der Waals surface area (Å²) in [5.74, 6) is -1.91. The van der Waals surface area contributed by atoms with Gasteiger partial charge in [0.1, 0.15) is 5.76 Å². The molecule has 5 nitrogen and oxygen atoms in total. The Morgan fingerprint density at radius 2 is 1.86 bits per heavy atom. The van der Waals surface area contributed by atoms with Gasteiger partial charge in [0.15, 0.2) is 22.9 Å². The number of furan rings is 1. The zero-order valence-electron chi connectivity index (χ0n) is 8.16. The van der Waals surface area contributed by atoms with Gasteiger partial charge in [-0.15, -0.1) is 0 Å². The number of hydrogen-bond donors (Lipinski definition) is 3. The number of Topliss-reactive ketones (excluding diaryl/α,β-unsaturated/α-hetero) is 1. The second kappa shape index (κ2) is 3.02. The Balaban J connectivity index is 3.33. The zero-order valence-corrected chi connectivity index (χ0v) is 8.16. The summed E-state index contributed by atoms with van der Waals surface area (Å²) in [5.41, 5.74) is -1.92. The third kappa shape index (κ3) is 1.35. The number of aryl methyl sites for hydroxylation is 1. The van der Waals surface area contributed by atoms with Gasteiger partial charge < -0.3 is 19.7 Å². The molecule has 0 saturated carbocycles. The van der Waals surface area contributed by atoms with Crippen LogP contribution in [-0.4, -0.2) is 21.1 Å². The molecule has 0 spiro atoms. The smallest absolute Gasteiger partial charge is 0.204 e. The molecular weight excluding hydrogens is 188 g/mol. The van der Waals surface area contributed by atoms with Crippen LogP contribution in [0.5, 0.6) is 11.5 Å². The fraction of sp³-hybridized carbons (Fsp3) is 0.444. The molecule has 0 aromatic carbocycles. The van der Waals surface area contributed by atoms with Gasteiger partial charge in [-0.25, -0.2) is 0 Å². The van der Waals surface area contributed by atoms with Crippen LogP contribution in [-0.2, 0) is 10.4 Å². The molecule has 0 bridgehead atoms. The van der Waals surface area contributed by atoms with E-state index in [1.807, 2.05) is 0 Å². The maximum absolute atomic E-state index is 11.0. The highest BCUT2D eigenvalue weighted by molar-refractivity contribution is 5.85. The minimum absolute atomic E-state index is 0.0547. The quantitative estimate of drug-likeness (QED) is 0.656. The normalized spacial score (nSPS) is 15.1. The van der Waals surface area contributed by atoms with Gasteiger partial charge in [-0.3, -0.25) is 4.79 Å². The van der Waals surface area contributed by atoms with Crippen LogP contribution in [0.3, 0.4) is 0 Å². The topological polar surface area (TPSA) is 90.9 Å². The fourth-order valence-corrected chi connectivity index (χ4v) is 1.01. The van der Waals surface area contributed by atoms with E-state index in [-0.39, 0.29) is 11.5 Å². The summed E-state index contributed by atoms with van der Waals surface area (Å²) in [6, 6.07) is 0. The van der Waals surface area contributed by atoms with E-state index in [9.17, 15) is 20.1 Å². The van der Waals surface area contributed by atoms with Crippen LogP contribution >= 0.6 is 0 Å². The van der Waals surface area contributed by atoms with Crippen molar-refractivity contribution < 1.29 is 24.5 Å². The zero-order chi connectivity index (χ0) is 11.1. The van der Waals surface area contributed by atoms with Gasteiger partial charge >= 0.3 is 0 Å². The minimum Gasteiger partial charge on any atom is -0.502 e. The molecule has 5 heteroatoms. The van der Waals surface area contributed by atoms with Gasteiger partial charge in [0.2, 0.25) is 5.75 Å². The van der Waals surface area contributed by atoms with Gasteiger partial charge in [-0.1, -0.05) is 0 Å². The van der Waals surface area contributed by atoms with Crippen LogP contribution in [0.25, 0.3) is 0 Å². The van der Waals surface area contributed by atoms with Crippen molar-refractivity contribution in [1.29, 1.82) is 0 Å². The predicted molar refractivity (Wildman–Crippen MR) is 47.0 cm³/mol. The first kappa shape index (κ1) is 10.6. The van der Waals surface area contributed by atoms with E-state index in [2.05, 4.69) is 0 Å². The summed E-state index contributed by atoms with van der Waals surface area (Å²) >= 11 is 0. The molecular formula is C9H12O5. The lowest BCUT2D eigenvalue weighted by Crippen LogP contribution is -2.29. The highest BCUT2D eigenvalue weighted by Crippen LogP contribution is 2.41. The number of carbonyl (C=O) groups excluding carboxylic acids is 1. The molecule has 1 aromatic rings. The van der Waals surface area contributed by atoms with Gasteiger partial charge in [-0.2, -0.15) is 0 Å². The van der Waals surface area contributed by atoms with Crippen molar-refractivity contribution in [3.8, 4) is 11.5 Å². The standard InChI is InChI=1S/C9H12O5/c1-4-6(11)7(12)8(14-4)9(3,13)5(2)10/h11-13H,1-3H3. The Labute approximate surface area is 80.6 Å². The molecule has 0 fully saturated rings. The van der Waals surface area contributed by atoms with Crippen LogP contribution < -0.4 is 0 Å². The van der Waals surface area contributed by atoms with Crippen LogP contribution in [0.4, 0.5) is 0 Å². The number of hydrogen-bond acceptors (Lipinski definition) is 5. The first-order valence-electron chi connectivity index (χ1n) is 4.03. The van der Waals surface area contributed by atoms with E-state index in [1.165, 1.54) is 13.8 Å². The molecule has 0 aliphatic carbocycles. The lowest BCUT2D eigenvalue weighted by molar-refractivity contribution is -0.136. The van der Waals surface area contributed by atoms with Gasteiger partial charge in [0, 0.05) is 0 Å². The van der Waals surface area contributed by atoms with Crippen molar-refractivity contribution in [2.45, 2.75) is 26.4 Å². The summed E-state index contributed by atoms with van der Waals surface area (Å²) in [6.07, 6.45) is 0. The molecule has 0 radical (unpaired) electrons. The maximum Gasteiger partial charge on any atom is 0.204 e. The van der Waals surface area contributed by atoms with Gasteiger partial charge in [0.25, 0.3) is 0 Å². The summed E-state index contributed by atoms with van der Waals surface area (Å²) in [4.78, 5) is 11.0. The van der Waals surface area contributed by atoms with E-state index in [1.54, 1.807) is 0 Å². The third-order valence-electron chi connectivity index (χ3n) is 2.16. The molecule has 3 N–H and O–H groups in total. The number of ketones is 1. The van der Waals surface area contributed by atoms with Crippen molar-refractivity contribution in [1.82, 2.24) is 0 Å². The largest absolute Gasteiger partial charge is 0.502 e. The molecule has 1 rings (SSSR count). The molecule has 78 valence electrons. The third-order valence-corrected chi connectivity index (χ3v) is 2.16. The van der Waals surface area contributed by atoms with Crippen molar-refractivity contribution >= 4 is 5.78 Å². The lowest BCUT2D eigenvalue weighted by Gasteiger charge is -2.16. The molecule has 1 heterocycles. The Morgan fingerprint density at radius 3 is 2.14 bits per heavy atom. The summed E-state index contributed by atoms with van der Waals surface area (Å²) < 4.78 is 4.90. The molecule has 14 heavy (non-hydrogen) atoms. The number of aliphatic hydroxyl groups is 1. The Kier molecular flexibility index (Phi) is 2.29. The van der Waals surface area contributed by atoms with E-state index in [0.717, 1.165) is 6.92 Å². The molecule has 0 aliphatic heterocycles. The summed E-state index contributed by atoms with van der Waals surface area (Å²) in [5, 5.41) is 28.2. The SMILES string of the molecule is CC(=O)C(C)(O)c1oc(C)c(O)c1O. The highest BCUT2D eigenvalue weighted by Gasteiger charge is 2.37. The van der Waals surface area contributed by atoms with Crippen molar-refractivity contribution in [2.24, 2.45) is 0 Å². The van der Waals surface area contributed by atoms with E-state index in [4.69, 9.17) is 4.42 Å². The van der Waals surface area contributed by atoms with Crippen LogP contribution in [0.2, 0.25) is 0 Å². The fourth-order valence-electron chi connectivity index (χ4n) is 1.01. The number of aromatic hydroxyl groups is 2. The Bertz CT molecular complexity index is 375. The van der Waals surface area contributed by atoms with Crippen molar-refractivity contribution in [3.05, 3.63) is 11.5 Å². The molecule has 1 atom stereocenters. The molecule has 1 aromatic heterocycles. The summed E-state index contributed by atoms with van der Waals surface area (Å²) in [7, 11) is 0. The lowest BCUT2D eigenvalue weighted by atomic mass is 9.98. The average molecular weight is 200 g/mol. The second-order valence-corrected chi connectivity index (χ2v) is 3.31. The molecule has 0 saturated heterocycles. The number of rotatable bonds is 2. The van der Waals surface area contributed by atoms with E-state index >= 15 is 0 Å². The van der Waals surface area contributed by atoms with Gasteiger partial charge in [-0.05, 0) is 20.8 Å². The Hall–Kier alpha value is -1.49. The maximum atomic E-state index is 11.0. The predicted octanol–water partition coefficient (Wildman–Crippen LogP) is 0.796. The van der Waals surface area contributed by atoms with Crippen LogP contribution in [0, 0.1) is 6.92 Å². The highest BCUT2D eigenvalue weighted by atomic mass is 16.4. The minimum atomic E-state index is -1.92. The monoisotopic (exact) mass is 200 g/mol.